The number of primary sulfonamides is 1. The summed E-state index contributed by atoms with van der Waals surface area (Å²) in [5.41, 5.74) is 9.42. The van der Waals surface area contributed by atoms with E-state index in [1.165, 1.54) is 12.1 Å². The van der Waals surface area contributed by atoms with Gasteiger partial charge in [0.15, 0.2) is 0 Å². The molecule has 4 aromatic rings. The summed E-state index contributed by atoms with van der Waals surface area (Å²) in [7, 11) is -3.83. The molecule has 0 radical (unpaired) electrons. The van der Waals surface area contributed by atoms with Crippen LogP contribution in [0.15, 0.2) is 77.7 Å². The molecule has 1 aliphatic rings. The van der Waals surface area contributed by atoms with Crippen molar-refractivity contribution in [3.63, 3.8) is 0 Å². The molecular weight excluding hydrogens is 568 g/mol. The van der Waals surface area contributed by atoms with Crippen LogP contribution in [0.3, 0.4) is 0 Å². The maximum Gasteiger partial charge on any atom is 0.247 e. The summed E-state index contributed by atoms with van der Waals surface area (Å²) in [6, 6.07) is 20.0. The highest BCUT2D eigenvalue weighted by atomic mass is 32.2. The van der Waals surface area contributed by atoms with Crippen LogP contribution in [0.4, 0.5) is 5.69 Å². The topological polar surface area (TPSA) is 199 Å². The Morgan fingerprint density at radius 2 is 1.63 bits per heavy atom. The first-order chi connectivity index (χ1) is 20.7. The van der Waals surface area contributed by atoms with Gasteiger partial charge in [0, 0.05) is 23.6 Å². The third-order valence-electron chi connectivity index (χ3n) is 7.83. The lowest BCUT2D eigenvalue weighted by atomic mass is 9.81. The van der Waals surface area contributed by atoms with Crippen molar-refractivity contribution in [2.24, 2.45) is 22.7 Å². The van der Waals surface area contributed by atoms with Crippen LogP contribution in [0, 0.1) is 11.8 Å². The predicted molar refractivity (Wildman–Crippen MR) is 162 cm³/mol. The summed E-state index contributed by atoms with van der Waals surface area (Å²) in [5.74, 6) is 0.219. The second-order valence-corrected chi connectivity index (χ2v) is 12.4. The largest absolute Gasteiger partial charge is 0.344 e. The Labute approximate surface area is 249 Å². The van der Waals surface area contributed by atoms with E-state index < -0.39 is 16.1 Å². The molecule has 3 aromatic carbocycles. The van der Waals surface area contributed by atoms with Gasteiger partial charge in [-0.2, -0.15) is 5.21 Å². The van der Waals surface area contributed by atoms with Gasteiger partial charge in [-0.25, -0.2) is 13.6 Å². The maximum absolute atomic E-state index is 13.5. The third kappa shape index (κ3) is 7.69. The minimum atomic E-state index is -3.83. The van der Waals surface area contributed by atoms with E-state index in [2.05, 4.69) is 31.3 Å². The van der Waals surface area contributed by atoms with Crippen molar-refractivity contribution >= 4 is 27.5 Å². The highest BCUT2D eigenvalue weighted by Gasteiger charge is 2.29. The molecule has 43 heavy (non-hydrogen) atoms. The fraction of sp³-hybridized carbons (Fsp3) is 0.300. The quantitative estimate of drug-likeness (QED) is 0.182. The first-order valence-electron chi connectivity index (χ1n) is 14.1. The highest BCUT2D eigenvalue weighted by Crippen LogP contribution is 2.29. The van der Waals surface area contributed by atoms with Gasteiger partial charge in [0.25, 0.3) is 0 Å². The molecular formula is C30H34N8O4S. The zero-order chi connectivity index (χ0) is 30.4. The first kappa shape index (κ1) is 30.0. The number of nitrogens with zero attached hydrogens (tertiary/aromatic N) is 3. The van der Waals surface area contributed by atoms with Gasteiger partial charge in [-0.15, -0.1) is 10.2 Å². The Morgan fingerprint density at radius 3 is 2.26 bits per heavy atom. The summed E-state index contributed by atoms with van der Waals surface area (Å²) in [6.45, 7) is 0.618. The number of nitrogens with one attached hydrogen (secondary N) is 3. The molecule has 0 aliphatic heterocycles. The Kier molecular flexibility index (Phi) is 9.24. The van der Waals surface area contributed by atoms with Crippen molar-refractivity contribution < 1.29 is 18.0 Å². The van der Waals surface area contributed by atoms with Crippen LogP contribution in [0.1, 0.15) is 31.2 Å². The second kappa shape index (κ2) is 13.2. The number of hydrogen-bond donors (Lipinski definition) is 5. The molecule has 0 spiro atoms. The Morgan fingerprint density at radius 1 is 0.930 bits per heavy atom. The monoisotopic (exact) mass is 602 g/mol. The van der Waals surface area contributed by atoms with Gasteiger partial charge in [0.2, 0.25) is 27.7 Å². The summed E-state index contributed by atoms with van der Waals surface area (Å²) in [6.07, 6.45) is 3.53. The number of benzene rings is 3. The molecule has 0 saturated heterocycles. The molecule has 5 rings (SSSR count). The van der Waals surface area contributed by atoms with E-state index in [-0.39, 0.29) is 29.0 Å². The Bertz CT molecular complexity index is 1650. The first-order valence-corrected chi connectivity index (χ1v) is 15.6. The molecule has 13 heteroatoms. The van der Waals surface area contributed by atoms with Crippen LogP contribution in [0.25, 0.3) is 22.5 Å². The van der Waals surface area contributed by atoms with Gasteiger partial charge < -0.3 is 16.4 Å². The number of amides is 2. The highest BCUT2D eigenvalue weighted by molar-refractivity contribution is 7.89. The summed E-state index contributed by atoms with van der Waals surface area (Å²) >= 11 is 0. The van der Waals surface area contributed by atoms with Crippen molar-refractivity contribution in [3.8, 4) is 22.5 Å². The Balaban J connectivity index is 1.32. The van der Waals surface area contributed by atoms with Crippen LogP contribution in [0.2, 0.25) is 0 Å². The molecule has 1 unspecified atom stereocenters. The minimum Gasteiger partial charge on any atom is -0.344 e. The minimum absolute atomic E-state index is 0.0272. The van der Waals surface area contributed by atoms with E-state index in [0.717, 1.165) is 42.4 Å². The number of sulfonamides is 1. The summed E-state index contributed by atoms with van der Waals surface area (Å²) in [5, 5.41) is 25.1. The van der Waals surface area contributed by atoms with E-state index in [4.69, 9.17) is 10.9 Å². The number of carbonyl (C=O) groups excluding carboxylic acids is 2. The van der Waals surface area contributed by atoms with E-state index in [9.17, 15) is 18.0 Å². The summed E-state index contributed by atoms with van der Waals surface area (Å²) < 4.78 is 23.6. The van der Waals surface area contributed by atoms with Crippen LogP contribution in [-0.2, 0) is 26.0 Å². The van der Waals surface area contributed by atoms with Crippen molar-refractivity contribution in [3.05, 3.63) is 78.4 Å². The molecule has 1 heterocycles. The van der Waals surface area contributed by atoms with Crippen LogP contribution in [0.5, 0.6) is 0 Å². The zero-order valence-corrected chi connectivity index (χ0v) is 24.3. The number of aromatic amines is 1. The number of H-pyrrole nitrogens is 1. The average molecular weight is 603 g/mol. The molecule has 1 fully saturated rings. The lowest BCUT2D eigenvalue weighted by molar-refractivity contribution is -0.130. The molecule has 12 nitrogen and oxygen atoms in total. The molecule has 1 aliphatic carbocycles. The molecule has 1 atom stereocenters. The van der Waals surface area contributed by atoms with Gasteiger partial charge in [-0.1, -0.05) is 36.4 Å². The normalized spacial score (nSPS) is 17.6. The van der Waals surface area contributed by atoms with Gasteiger partial charge in [-0.3, -0.25) is 9.59 Å². The van der Waals surface area contributed by atoms with E-state index in [1.54, 1.807) is 36.4 Å². The zero-order valence-electron chi connectivity index (χ0n) is 23.4. The van der Waals surface area contributed by atoms with E-state index in [0.29, 0.717) is 29.5 Å². The number of aromatic nitrogens is 4. The molecule has 7 N–H and O–H groups in total. The van der Waals surface area contributed by atoms with Crippen LogP contribution < -0.4 is 21.5 Å². The van der Waals surface area contributed by atoms with Crippen molar-refractivity contribution in [2.75, 3.05) is 11.9 Å². The van der Waals surface area contributed by atoms with Gasteiger partial charge in [-0.05, 0) is 96.4 Å². The van der Waals surface area contributed by atoms with Crippen molar-refractivity contribution in [1.29, 1.82) is 0 Å². The number of tetrazole rings is 1. The smallest absolute Gasteiger partial charge is 0.247 e. The molecule has 1 aromatic heterocycles. The van der Waals surface area contributed by atoms with Crippen molar-refractivity contribution in [2.45, 2.75) is 43.0 Å². The molecule has 1 saturated carbocycles. The number of carbonyl (C=O) groups is 2. The van der Waals surface area contributed by atoms with E-state index in [1.807, 2.05) is 24.3 Å². The van der Waals surface area contributed by atoms with Gasteiger partial charge in [0.05, 0.1) is 4.90 Å². The molecule has 224 valence electrons. The maximum atomic E-state index is 13.5. The lowest BCUT2D eigenvalue weighted by Crippen LogP contribution is -2.48. The summed E-state index contributed by atoms with van der Waals surface area (Å²) in [4.78, 5) is 26.8. The second-order valence-electron chi connectivity index (χ2n) is 10.8. The molecule has 2 amide bonds. The SMILES string of the molecule is NCC1CCC(C(=O)NC(Cc2ccc(-c3cccc(S(N)(=O)=O)c3)cc2)C(=O)Nc2ccc(-c3nn[nH]n3)cc2)CC1. The predicted octanol–water partition coefficient (Wildman–Crippen LogP) is 2.61. The standard InChI is InChI=1S/C30H34N8O4S/c31-18-20-6-10-23(11-7-20)29(39)34-27(30(40)33-25-14-12-22(13-15-25)28-35-37-38-36-28)16-19-4-8-21(9-5-19)24-2-1-3-26(17-24)43(32,41)42/h1-5,8-9,12-15,17,20,23,27H,6-7,10-11,16,18,31H2,(H,33,40)(H,34,39)(H2,32,41,42)(H,35,36,37,38). The molecule has 0 bridgehead atoms. The fourth-order valence-corrected chi connectivity index (χ4v) is 5.86. The number of rotatable bonds is 10. The van der Waals surface area contributed by atoms with E-state index >= 15 is 0 Å². The third-order valence-corrected chi connectivity index (χ3v) is 8.74. The average Bonchev–Trinajstić information content (AvgIpc) is 3.56. The van der Waals surface area contributed by atoms with Gasteiger partial charge >= 0.3 is 0 Å². The van der Waals surface area contributed by atoms with Crippen LogP contribution in [-0.4, -0.2) is 53.4 Å². The number of hydrogen-bond acceptors (Lipinski definition) is 8. The number of anilines is 1. The van der Waals surface area contributed by atoms with Crippen molar-refractivity contribution in [1.82, 2.24) is 25.9 Å². The van der Waals surface area contributed by atoms with Crippen LogP contribution >= 0.6 is 0 Å². The lowest BCUT2D eigenvalue weighted by Gasteiger charge is -2.28. The Hall–Kier alpha value is -4.46. The van der Waals surface area contributed by atoms with Gasteiger partial charge in [0.1, 0.15) is 6.04 Å². The fourth-order valence-electron chi connectivity index (χ4n) is 5.30. The number of nitrogens with two attached hydrogens (primary N) is 2.